The molecule has 4 nitrogen and oxygen atoms in total. The van der Waals surface area contributed by atoms with Crippen molar-refractivity contribution < 1.29 is 0 Å². The van der Waals surface area contributed by atoms with E-state index in [4.69, 9.17) is 11.5 Å². The van der Waals surface area contributed by atoms with Crippen LogP contribution in [0.1, 0.15) is 5.56 Å². The van der Waals surface area contributed by atoms with Crippen molar-refractivity contribution in [2.24, 2.45) is 0 Å². The average molecular weight is 250 g/mol. The Labute approximate surface area is 111 Å². The summed E-state index contributed by atoms with van der Waals surface area (Å²) in [5, 5.41) is 0.788. The first kappa shape index (κ1) is 11.5. The Morgan fingerprint density at radius 3 is 2.58 bits per heavy atom. The second-order valence-electron chi connectivity index (χ2n) is 4.58. The van der Waals surface area contributed by atoms with Gasteiger partial charge in [-0.15, -0.1) is 0 Å². The zero-order valence-electron chi connectivity index (χ0n) is 10.6. The first-order valence-corrected chi connectivity index (χ1v) is 6.03. The third-order valence-corrected chi connectivity index (χ3v) is 3.03. The topological polar surface area (TPSA) is 77.8 Å². The van der Waals surface area contributed by atoms with E-state index in [0.29, 0.717) is 17.3 Å². The van der Waals surface area contributed by atoms with E-state index in [1.165, 1.54) is 0 Å². The Hall–Kier alpha value is -2.62. The summed E-state index contributed by atoms with van der Waals surface area (Å²) in [5.41, 5.74) is 15.3. The zero-order valence-corrected chi connectivity index (χ0v) is 10.6. The van der Waals surface area contributed by atoms with Crippen molar-refractivity contribution in [2.45, 2.75) is 6.92 Å². The van der Waals surface area contributed by atoms with Crippen LogP contribution in [-0.2, 0) is 0 Å². The molecule has 3 aromatic rings. The number of benzene rings is 2. The van der Waals surface area contributed by atoms with Gasteiger partial charge in [0, 0.05) is 16.6 Å². The molecule has 0 spiro atoms. The van der Waals surface area contributed by atoms with Crippen LogP contribution in [0.4, 0.5) is 11.5 Å². The quantitative estimate of drug-likeness (QED) is 0.651. The molecule has 0 radical (unpaired) electrons. The van der Waals surface area contributed by atoms with Crippen molar-refractivity contribution in [3.8, 4) is 11.4 Å². The Morgan fingerprint density at radius 1 is 0.947 bits per heavy atom. The van der Waals surface area contributed by atoms with E-state index in [2.05, 4.69) is 9.97 Å². The van der Waals surface area contributed by atoms with E-state index in [-0.39, 0.29) is 0 Å². The van der Waals surface area contributed by atoms with Crippen molar-refractivity contribution in [1.82, 2.24) is 9.97 Å². The number of hydrogen-bond donors (Lipinski definition) is 2. The monoisotopic (exact) mass is 250 g/mol. The predicted molar refractivity (Wildman–Crippen MR) is 78.5 cm³/mol. The second-order valence-corrected chi connectivity index (χ2v) is 4.58. The summed E-state index contributed by atoms with van der Waals surface area (Å²) in [7, 11) is 0. The lowest BCUT2D eigenvalue weighted by Crippen LogP contribution is -1.98. The van der Waals surface area contributed by atoms with Crippen LogP contribution in [0.25, 0.3) is 22.3 Å². The fraction of sp³-hybridized carbons (Fsp3) is 0.0667. The predicted octanol–water partition coefficient (Wildman–Crippen LogP) is 2.77. The van der Waals surface area contributed by atoms with Gasteiger partial charge < -0.3 is 11.5 Å². The highest BCUT2D eigenvalue weighted by Gasteiger charge is 2.07. The third-order valence-electron chi connectivity index (χ3n) is 3.03. The molecule has 2 aromatic carbocycles. The molecule has 4 N–H and O–H groups in total. The third kappa shape index (κ3) is 2.08. The number of fused-ring (bicyclic) bond motifs is 1. The SMILES string of the molecule is Cc1cccc(-c2nc(N)c3cc(N)ccc3n2)c1. The van der Waals surface area contributed by atoms with Gasteiger partial charge in [-0.25, -0.2) is 9.97 Å². The number of nitrogens with two attached hydrogens (primary N) is 2. The summed E-state index contributed by atoms with van der Waals surface area (Å²) in [6.07, 6.45) is 0. The van der Waals surface area contributed by atoms with Gasteiger partial charge in [0.1, 0.15) is 5.82 Å². The number of anilines is 2. The van der Waals surface area contributed by atoms with Crippen LogP contribution in [0.15, 0.2) is 42.5 Å². The number of aromatic nitrogens is 2. The van der Waals surface area contributed by atoms with Crippen LogP contribution < -0.4 is 11.5 Å². The molecule has 0 amide bonds. The summed E-state index contributed by atoms with van der Waals surface area (Å²) in [5.74, 6) is 1.09. The van der Waals surface area contributed by atoms with E-state index in [9.17, 15) is 0 Å². The lowest BCUT2D eigenvalue weighted by atomic mass is 10.1. The summed E-state index contributed by atoms with van der Waals surface area (Å²) in [6, 6.07) is 13.5. The molecule has 0 aliphatic rings. The minimum Gasteiger partial charge on any atom is -0.399 e. The number of nitrogen functional groups attached to an aromatic ring is 2. The number of aryl methyl sites for hydroxylation is 1. The molecule has 0 atom stereocenters. The molecule has 0 saturated heterocycles. The Bertz CT molecular complexity index is 765. The highest BCUT2D eigenvalue weighted by atomic mass is 14.9. The van der Waals surface area contributed by atoms with Gasteiger partial charge in [0.05, 0.1) is 5.52 Å². The molecule has 1 heterocycles. The normalized spacial score (nSPS) is 10.8. The fourth-order valence-corrected chi connectivity index (χ4v) is 2.08. The first-order valence-electron chi connectivity index (χ1n) is 6.03. The number of hydrogen-bond acceptors (Lipinski definition) is 4. The van der Waals surface area contributed by atoms with Gasteiger partial charge in [-0.2, -0.15) is 0 Å². The highest BCUT2D eigenvalue weighted by Crippen LogP contribution is 2.25. The molecule has 4 heteroatoms. The second kappa shape index (κ2) is 4.24. The van der Waals surface area contributed by atoms with E-state index in [0.717, 1.165) is 22.0 Å². The molecule has 0 aliphatic heterocycles. The van der Waals surface area contributed by atoms with Gasteiger partial charge in [0.25, 0.3) is 0 Å². The summed E-state index contributed by atoms with van der Waals surface area (Å²) in [4.78, 5) is 8.91. The van der Waals surface area contributed by atoms with Crippen molar-refractivity contribution in [1.29, 1.82) is 0 Å². The summed E-state index contributed by atoms with van der Waals surface area (Å²) in [6.45, 7) is 2.04. The number of rotatable bonds is 1. The Kier molecular flexibility index (Phi) is 2.56. The first-order chi connectivity index (χ1) is 9.13. The maximum absolute atomic E-state index is 5.99. The molecule has 0 aliphatic carbocycles. The van der Waals surface area contributed by atoms with Gasteiger partial charge in [-0.1, -0.05) is 23.8 Å². The van der Waals surface area contributed by atoms with E-state index >= 15 is 0 Å². The maximum Gasteiger partial charge on any atom is 0.162 e. The minimum atomic E-state index is 0.453. The Morgan fingerprint density at radius 2 is 1.79 bits per heavy atom. The van der Waals surface area contributed by atoms with E-state index < -0.39 is 0 Å². The molecule has 0 fully saturated rings. The van der Waals surface area contributed by atoms with Crippen LogP contribution in [0.5, 0.6) is 0 Å². The average Bonchev–Trinajstić information content (AvgIpc) is 2.39. The largest absolute Gasteiger partial charge is 0.399 e. The summed E-state index contributed by atoms with van der Waals surface area (Å²) >= 11 is 0. The lowest BCUT2D eigenvalue weighted by molar-refractivity contribution is 1.23. The fourth-order valence-electron chi connectivity index (χ4n) is 2.08. The molecule has 0 saturated carbocycles. The maximum atomic E-state index is 5.99. The molecule has 0 unspecified atom stereocenters. The van der Waals surface area contributed by atoms with Crippen molar-refractivity contribution in [2.75, 3.05) is 11.5 Å². The number of nitrogens with zero attached hydrogens (tertiary/aromatic N) is 2. The van der Waals surface area contributed by atoms with Crippen LogP contribution in [-0.4, -0.2) is 9.97 Å². The lowest BCUT2D eigenvalue weighted by Gasteiger charge is -2.06. The highest BCUT2D eigenvalue weighted by molar-refractivity contribution is 5.91. The van der Waals surface area contributed by atoms with Gasteiger partial charge >= 0.3 is 0 Å². The van der Waals surface area contributed by atoms with Crippen LogP contribution >= 0.6 is 0 Å². The van der Waals surface area contributed by atoms with E-state index in [1.54, 1.807) is 6.07 Å². The Balaban J connectivity index is 2.24. The van der Waals surface area contributed by atoms with Crippen LogP contribution in [0.2, 0.25) is 0 Å². The molecular formula is C15H14N4. The molecular weight excluding hydrogens is 236 g/mol. The molecule has 1 aromatic heterocycles. The van der Waals surface area contributed by atoms with Gasteiger partial charge in [-0.3, -0.25) is 0 Å². The van der Waals surface area contributed by atoms with Crippen molar-refractivity contribution in [3.05, 3.63) is 48.0 Å². The van der Waals surface area contributed by atoms with Gasteiger partial charge in [-0.05, 0) is 31.2 Å². The smallest absolute Gasteiger partial charge is 0.162 e. The van der Waals surface area contributed by atoms with Crippen molar-refractivity contribution >= 4 is 22.4 Å². The van der Waals surface area contributed by atoms with E-state index in [1.807, 2.05) is 43.3 Å². The van der Waals surface area contributed by atoms with Gasteiger partial charge in [0.15, 0.2) is 5.82 Å². The standard InChI is InChI=1S/C15H14N4/c1-9-3-2-4-10(7-9)15-18-13-6-5-11(16)8-12(13)14(17)19-15/h2-8H,16H2,1H3,(H2,17,18,19). The molecule has 3 rings (SSSR count). The van der Waals surface area contributed by atoms with Crippen LogP contribution in [0.3, 0.4) is 0 Å². The van der Waals surface area contributed by atoms with Crippen molar-refractivity contribution in [3.63, 3.8) is 0 Å². The molecule has 19 heavy (non-hydrogen) atoms. The summed E-state index contributed by atoms with van der Waals surface area (Å²) < 4.78 is 0. The minimum absolute atomic E-state index is 0.453. The van der Waals surface area contributed by atoms with Gasteiger partial charge in [0.2, 0.25) is 0 Å². The molecule has 94 valence electrons. The van der Waals surface area contributed by atoms with Crippen LogP contribution in [0, 0.1) is 6.92 Å². The zero-order chi connectivity index (χ0) is 13.4. The molecule has 0 bridgehead atoms.